The van der Waals surface area contributed by atoms with E-state index in [1.807, 2.05) is 16.7 Å². The first kappa shape index (κ1) is 11.9. The highest BCUT2D eigenvalue weighted by Crippen LogP contribution is 2.07. The van der Waals surface area contributed by atoms with E-state index in [4.69, 9.17) is 5.73 Å². The van der Waals surface area contributed by atoms with E-state index in [-0.39, 0.29) is 11.1 Å². The van der Waals surface area contributed by atoms with E-state index < -0.39 is 0 Å². The maximum atomic E-state index is 11.4. The van der Waals surface area contributed by atoms with Gasteiger partial charge in [-0.1, -0.05) is 0 Å². The van der Waals surface area contributed by atoms with Crippen molar-refractivity contribution in [2.24, 2.45) is 0 Å². The van der Waals surface area contributed by atoms with Crippen LogP contribution in [0.3, 0.4) is 0 Å². The molecular weight excluding hydrogens is 282 g/mol. The van der Waals surface area contributed by atoms with Gasteiger partial charge in [0.2, 0.25) is 5.43 Å². The van der Waals surface area contributed by atoms with Gasteiger partial charge in [0.15, 0.2) is 0 Å². The highest BCUT2D eigenvalue weighted by Gasteiger charge is 2.02. The van der Waals surface area contributed by atoms with Crippen LogP contribution in [-0.2, 0) is 13.0 Å². The van der Waals surface area contributed by atoms with Crippen molar-refractivity contribution in [3.05, 3.63) is 57.2 Å². The van der Waals surface area contributed by atoms with Crippen molar-refractivity contribution in [1.29, 1.82) is 0 Å². The monoisotopic (exact) mass is 293 g/mol. The molecule has 0 aliphatic carbocycles. The number of halogens is 1. The van der Waals surface area contributed by atoms with Crippen molar-refractivity contribution in [2.45, 2.75) is 13.0 Å². The topological polar surface area (TPSA) is 60.9 Å². The van der Waals surface area contributed by atoms with Gasteiger partial charge in [-0.3, -0.25) is 9.78 Å². The summed E-state index contributed by atoms with van der Waals surface area (Å²) in [5, 5.41) is 0. The van der Waals surface area contributed by atoms with Crippen LogP contribution in [0.15, 0.2) is 46.2 Å². The Bertz CT molecular complexity index is 539. The Morgan fingerprint density at radius 2 is 2.00 bits per heavy atom. The molecule has 4 nitrogen and oxygen atoms in total. The Kier molecular flexibility index (Phi) is 3.58. The van der Waals surface area contributed by atoms with Gasteiger partial charge in [-0.05, 0) is 40.0 Å². The van der Waals surface area contributed by atoms with Crippen LogP contribution in [0.2, 0.25) is 0 Å². The summed E-state index contributed by atoms with van der Waals surface area (Å²) in [6.07, 6.45) is 7.82. The summed E-state index contributed by atoms with van der Waals surface area (Å²) in [5.74, 6) is 0. The van der Waals surface area contributed by atoms with Gasteiger partial charge in [0, 0.05) is 31.3 Å². The molecule has 17 heavy (non-hydrogen) atoms. The largest absolute Gasteiger partial charge is 0.394 e. The van der Waals surface area contributed by atoms with Crippen LogP contribution < -0.4 is 11.2 Å². The summed E-state index contributed by atoms with van der Waals surface area (Å²) < 4.78 is 2.40. The Morgan fingerprint density at radius 1 is 1.29 bits per heavy atom. The Labute approximate surface area is 107 Å². The average Bonchev–Trinajstić information content (AvgIpc) is 2.34. The Morgan fingerprint density at radius 3 is 2.65 bits per heavy atom. The minimum atomic E-state index is -0.162. The number of hydrogen-bond acceptors (Lipinski definition) is 3. The third-order valence-corrected chi connectivity index (χ3v) is 3.04. The molecule has 2 aromatic rings. The van der Waals surface area contributed by atoms with Crippen LogP contribution in [0.25, 0.3) is 0 Å². The second kappa shape index (κ2) is 5.14. The predicted molar refractivity (Wildman–Crippen MR) is 70.8 cm³/mol. The van der Waals surface area contributed by atoms with E-state index in [0.29, 0.717) is 4.47 Å². The molecule has 0 aliphatic heterocycles. The number of nitrogens with two attached hydrogens (primary N) is 1. The van der Waals surface area contributed by atoms with E-state index in [2.05, 4.69) is 20.9 Å². The molecule has 5 heteroatoms. The lowest BCUT2D eigenvalue weighted by Crippen LogP contribution is -2.13. The van der Waals surface area contributed by atoms with Gasteiger partial charge in [-0.15, -0.1) is 0 Å². The van der Waals surface area contributed by atoms with Crippen molar-refractivity contribution >= 4 is 21.6 Å². The van der Waals surface area contributed by atoms with Gasteiger partial charge in [-0.25, -0.2) is 0 Å². The molecule has 2 aromatic heterocycles. The maximum Gasteiger partial charge on any atom is 0.218 e. The summed E-state index contributed by atoms with van der Waals surface area (Å²) in [5.41, 5.74) is 6.92. The van der Waals surface area contributed by atoms with Gasteiger partial charge < -0.3 is 10.3 Å². The lowest BCUT2D eigenvalue weighted by molar-refractivity contribution is 0.689. The van der Waals surface area contributed by atoms with Crippen molar-refractivity contribution in [3.8, 4) is 0 Å². The summed E-state index contributed by atoms with van der Waals surface area (Å²) in [6, 6.07) is 3.95. The van der Waals surface area contributed by atoms with Gasteiger partial charge in [-0.2, -0.15) is 0 Å². The molecule has 88 valence electrons. The Balaban J connectivity index is 2.13. The molecule has 0 aromatic carbocycles. The molecule has 0 fully saturated rings. The zero-order valence-electron chi connectivity index (χ0n) is 9.14. The zero-order valence-corrected chi connectivity index (χ0v) is 10.7. The van der Waals surface area contributed by atoms with E-state index >= 15 is 0 Å². The van der Waals surface area contributed by atoms with Crippen LogP contribution in [0.5, 0.6) is 0 Å². The first-order chi connectivity index (χ1) is 8.16. The van der Waals surface area contributed by atoms with Gasteiger partial charge in [0.25, 0.3) is 0 Å². The maximum absolute atomic E-state index is 11.4. The second-order valence-corrected chi connectivity index (χ2v) is 4.59. The predicted octanol–water partition coefficient (Wildman–Crippen LogP) is 1.83. The normalized spacial score (nSPS) is 10.4. The third-order valence-electron chi connectivity index (χ3n) is 2.47. The third kappa shape index (κ3) is 2.94. The van der Waals surface area contributed by atoms with Crippen LogP contribution in [0.4, 0.5) is 5.69 Å². The molecule has 0 bridgehead atoms. The van der Waals surface area contributed by atoms with E-state index in [1.54, 1.807) is 24.8 Å². The van der Waals surface area contributed by atoms with Crippen molar-refractivity contribution in [3.63, 3.8) is 0 Å². The zero-order chi connectivity index (χ0) is 12.3. The molecule has 0 spiro atoms. The smallest absolute Gasteiger partial charge is 0.218 e. The van der Waals surface area contributed by atoms with Gasteiger partial charge in [0.05, 0.1) is 10.2 Å². The lowest BCUT2D eigenvalue weighted by Gasteiger charge is -2.08. The van der Waals surface area contributed by atoms with Gasteiger partial charge in [0.1, 0.15) is 0 Å². The number of rotatable bonds is 3. The minimum Gasteiger partial charge on any atom is -0.394 e. The molecule has 2 N–H and O–H groups in total. The molecule has 2 rings (SSSR count). The number of nitrogens with zero attached hydrogens (tertiary/aromatic N) is 2. The van der Waals surface area contributed by atoms with Crippen LogP contribution in [0, 0.1) is 0 Å². The molecular formula is C12H12BrN3O. The van der Waals surface area contributed by atoms with Crippen molar-refractivity contribution in [1.82, 2.24) is 9.55 Å². The molecule has 2 heterocycles. The number of hydrogen-bond donors (Lipinski definition) is 1. The summed E-state index contributed by atoms with van der Waals surface area (Å²) in [6.45, 7) is 0.771. The highest BCUT2D eigenvalue weighted by atomic mass is 79.9. The number of anilines is 1. The number of aryl methyl sites for hydroxylation is 2. The fraction of sp³-hybridized carbons (Fsp3) is 0.167. The second-order valence-electron chi connectivity index (χ2n) is 3.73. The first-order valence-electron chi connectivity index (χ1n) is 5.21. The lowest BCUT2D eigenvalue weighted by atomic mass is 10.2. The summed E-state index contributed by atoms with van der Waals surface area (Å²) in [7, 11) is 0. The fourth-order valence-electron chi connectivity index (χ4n) is 1.55. The summed E-state index contributed by atoms with van der Waals surface area (Å²) >= 11 is 3.20. The minimum absolute atomic E-state index is 0.162. The van der Waals surface area contributed by atoms with E-state index in [1.165, 1.54) is 5.56 Å². The number of nitrogen functional groups attached to an aromatic ring is 1. The molecule has 0 aliphatic rings. The van der Waals surface area contributed by atoms with Crippen LogP contribution in [0.1, 0.15) is 5.56 Å². The standard InChI is InChI=1S/C12H12BrN3O/c13-10-7-16(8-11(14)12(10)17)6-3-9-1-4-15-5-2-9/h1-2,4-5,7-8H,3,6,14H2. The molecule has 0 amide bonds. The quantitative estimate of drug-likeness (QED) is 0.939. The fourth-order valence-corrected chi connectivity index (χ4v) is 2.05. The molecule has 0 unspecified atom stereocenters. The summed E-state index contributed by atoms with van der Waals surface area (Å²) in [4.78, 5) is 15.4. The van der Waals surface area contributed by atoms with E-state index in [9.17, 15) is 4.79 Å². The van der Waals surface area contributed by atoms with Crippen molar-refractivity contribution < 1.29 is 0 Å². The first-order valence-corrected chi connectivity index (χ1v) is 6.00. The average molecular weight is 294 g/mol. The van der Waals surface area contributed by atoms with Crippen LogP contribution in [-0.4, -0.2) is 9.55 Å². The number of aromatic nitrogens is 2. The molecule has 0 saturated carbocycles. The Hall–Kier alpha value is -1.62. The van der Waals surface area contributed by atoms with Gasteiger partial charge >= 0.3 is 0 Å². The molecule has 0 radical (unpaired) electrons. The van der Waals surface area contributed by atoms with Crippen LogP contribution >= 0.6 is 15.9 Å². The number of pyridine rings is 2. The SMILES string of the molecule is Nc1cn(CCc2ccncc2)cc(Br)c1=O. The molecule has 0 atom stereocenters. The molecule has 0 saturated heterocycles. The van der Waals surface area contributed by atoms with E-state index in [0.717, 1.165) is 13.0 Å². The van der Waals surface area contributed by atoms with Crippen molar-refractivity contribution in [2.75, 3.05) is 5.73 Å². The highest BCUT2D eigenvalue weighted by molar-refractivity contribution is 9.10.